The molecule has 1 aromatic heterocycles. The summed E-state index contributed by atoms with van der Waals surface area (Å²) in [5.74, 6) is 0. The van der Waals surface area contributed by atoms with Crippen molar-refractivity contribution in [2.45, 2.75) is 0 Å². The van der Waals surface area contributed by atoms with Gasteiger partial charge in [0.15, 0.2) is 0 Å². The Morgan fingerprint density at radius 2 is 0.854 bits per heavy atom. The van der Waals surface area contributed by atoms with Crippen LogP contribution in [0.1, 0.15) is 11.1 Å². The van der Waals surface area contributed by atoms with E-state index in [2.05, 4.69) is 216 Å². The van der Waals surface area contributed by atoms with Gasteiger partial charge in [-0.1, -0.05) is 146 Å². The highest BCUT2D eigenvalue weighted by molar-refractivity contribution is 6.06. The molecule has 0 fully saturated rings. The molecule has 0 bridgehead atoms. The maximum Gasteiger partial charge on any atom is 0.0619 e. The molecule has 0 aliphatic heterocycles. The summed E-state index contributed by atoms with van der Waals surface area (Å²) >= 11 is 0. The minimum absolute atomic E-state index is 1.12. The van der Waals surface area contributed by atoms with Crippen molar-refractivity contribution >= 4 is 40.1 Å². The van der Waals surface area contributed by atoms with E-state index in [1.165, 1.54) is 33.3 Å². The predicted octanol–water partition coefficient (Wildman–Crippen LogP) is 12.6. The highest BCUT2D eigenvalue weighted by Crippen LogP contribution is 2.43. The summed E-state index contributed by atoms with van der Waals surface area (Å²) in [6, 6.07) is 68.8. The van der Waals surface area contributed by atoms with Crippen molar-refractivity contribution in [3.8, 4) is 28.1 Å². The number of aromatic nitrogens is 1. The number of rotatable bonds is 8. The Hall–Kier alpha value is -6.38. The van der Waals surface area contributed by atoms with E-state index in [0.717, 1.165) is 33.9 Å². The third-order valence-corrected chi connectivity index (χ3v) is 8.76. The number of hydrogen-bond donors (Lipinski definition) is 0. The SMILES string of the molecule is C(=C\c1ccc2c(c1)c(-c1ccccc1)c(-c1ccccc1)n2-c1ccccc1)/c1ccc(N(c2ccccc2)c2ccccc2)cc1. The van der Waals surface area contributed by atoms with Crippen molar-refractivity contribution < 1.29 is 0 Å². The van der Waals surface area contributed by atoms with Crippen LogP contribution in [0.5, 0.6) is 0 Å². The molecule has 8 rings (SSSR count). The van der Waals surface area contributed by atoms with E-state index < -0.39 is 0 Å². The molecule has 1 heterocycles. The lowest BCUT2D eigenvalue weighted by atomic mass is 9.97. The van der Waals surface area contributed by atoms with E-state index >= 15 is 0 Å². The Kier molecular flexibility index (Phi) is 7.96. The van der Waals surface area contributed by atoms with Gasteiger partial charge >= 0.3 is 0 Å². The Labute approximate surface area is 282 Å². The number of benzene rings is 7. The molecule has 0 unspecified atom stereocenters. The lowest BCUT2D eigenvalue weighted by Gasteiger charge is -2.25. The summed E-state index contributed by atoms with van der Waals surface area (Å²) in [5, 5.41) is 1.22. The summed E-state index contributed by atoms with van der Waals surface area (Å²) in [4.78, 5) is 2.29. The molecule has 228 valence electrons. The number of hydrogen-bond acceptors (Lipinski definition) is 1. The van der Waals surface area contributed by atoms with Crippen LogP contribution in [-0.2, 0) is 0 Å². The van der Waals surface area contributed by atoms with E-state index in [0.29, 0.717) is 0 Å². The highest BCUT2D eigenvalue weighted by Gasteiger charge is 2.21. The van der Waals surface area contributed by atoms with Gasteiger partial charge in [-0.25, -0.2) is 0 Å². The van der Waals surface area contributed by atoms with Gasteiger partial charge in [-0.15, -0.1) is 0 Å². The van der Waals surface area contributed by atoms with Gasteiger partial charge in [-0.05, 0) is 82.9 Å². The summed E-state index contributed by atoms with van der Waals surface area (Å²) < 4.78 is 2.41. The second-order valence-electron chi connectivity index (χ2n) is 11.8. The van der Waals surface area contributed by atoms with E-state index in [4.69, 9.17) is 0 Å². The zero-order chi connectivity index (χ0) is 32.1. The maximum atomic E-state index is 2.41. The molecule has 0 aliphatic carbocycles. The Bertz CT molecular complexity index is 2250. The van der Waals surface area contributed by atoms with Crippen LogP contribution in [0.4, 0.5) is 17.1 Å². The van der Waals surface area contributed by atoms with Crippen LogP contribution >= 0.6 is 0 Å². The summed E-state index contributed by atoms with van der Waals surface area (Å²) in [7, 11) is 0. The fraction of sp³-hybridized carbons (Fsp3) is 0. The third-order valence-electron chi connectivity index (χ3n) is 8.76. The van der Waals surface area contributed by atoms with Crippen molar-refractivity contribution in [1.82, 2.24) is 4.57 Å². The van der Waals surface area contributed by atoms with Gasteiger partial charge in [0.25, 0.3) is 0 Å². The van der Waals surface area contributed by atoms with Crippen LogP contribution in [0.15, 0.2) is 194 Å². The van der Waals surface area contributed by atoms with Crippen molar-refractivity contribution in [3.63, 3.8) is 0 Å². The van der Waals surface area contributed by atoms with Gasteiger partial charge in [0.05, 0.1) is 11.2 Å². The fourth-order valence-corrected chi connectivity index (χ4v) is 6.55. The topological polar surface area (TPSA) is 8.17 Å². The van der Waals surface area contributed by atoms with Gasteiger partial charge in [-0.2, -0.15) is 0 Å². The number of nitrogens with zero attached hydrogens (tertiary/aromatic N) is 2. The largest absolute Gasteiger partial charge is 0.311 e. The monoisotopic (exact) mass is 614 g/mol. The van der Waals surface area contributed by atoms with Crippen molar-refractivity contribution in [2.24, 2.45) is 0 Å². The second kappa shape index (κ2) is 13.2. The average Bonchev–Trinajstić information content (AvgIpc) is 3.51. The molecule has 0 radical (unpaired) electrons. The summed E-state index contributed by atoms with van der Waals surface area (Å²) in [6.45, 7) is 0. The van der Waals surface area contributed by atoms with Gasteiger partial charge in [0.2, 0.25) is 0 Å². The number of fused-ring (bicyclic) bond motifs is 1. The quantitative estimate of drug-likeness (QED) is 0.155. The van der Waals surface area contributed by atoms with E-state index in [-0.39, 0.29) is 0 Å². The van der Waals surface area contributed by atoms with Crippen molar-refractivity contribution in [2.75, 3.05) is 4.90 Å². The molecule has 48 heavy (non-hydrogen) atoms. The van der Waals surface area contributed by atoms with Crippen LogP contribution in [0.2, 0.25) is 0 Å². The average molecular weight is 615 g/mol. The molecule has 0 amide bonds. The minimum atomic E-state index is 1.12. The normalized spacial score (nSPS) is 11.2. The molecule has 7 aromatic carbocycles. The number of para-hydroxylation sites is 3. The van der Waals surface area contributed by atoms with Gasteiger partial charge < -0.3 is 9.47 Å². The first kappa shape index (κ1) is 29.1. The molecule has 0 aliphatic rings. The van der Waals surface area contributed by atoms with Crippen molar-refractivity contribution in [3.05, 3.63) is 205 Å². The molecular formula is C46H34N2. The lowest BCUT2D eigenvalue weighted by molar-refractivity contribution is 1.13. The van der Waals surface area contributed by atoms with Crippen LogP contribution in [0.25, 0.3) is 51.1 Å². The first-order chi connectivity index (χ1) is 23.8. The van der Waals surface area contributed by atoms with Gasteiger partial charge in [0, 0.05) is 33.7 Å². The molecule has 0 atom stereocenters. The van der Waals surface area contributed by atoms with Gasteiger partial charge in [0.1, 0.15) is 0 Å². The smallest absolute Gasteiger partial charge is 0.0619 e. The first-order valence-electron chi connectivity index (χ1n) is 16.4. The van der Waals surface area contributed by atoms with Crippen LogP contribution in [-0.4, -0.2) is 4.57 Å². The van der Waals surface area contributed by atoms with Crippen LogP contribution in [0.3, 0.4) is 0 Å². The molecule has 0 saturated heterocycles. The van der Waals surface area contributed by atoms with Gasteiger partial charge in [-0.3, -0.25) is 0 Å². The molecule has 0 N–H and O–H groups in total. The zero-order valence-electron chi connectivity index (χ0n) is 26.5. The van der Waals surface area contributed by atoms with Crippen LogP contribution < -0.4 is 4.90 Å². The Balaban J connectivity index is 1.21. The molecular weight excluding hydrogens is 581 g/mol. The first-order valence-corrected chi connectivity index (χ1v) is 16.4. The summed E-state index contributed by atoms with van der Waals surface area (Å²) in [6.07, 6.45) is 4.42. The summed E-state index contributed by atoms with van der Waals surface area (Å²) in [5.41, 5.74) is 12.8. The molecule has 0 spiro atoms. The standard InChI is InChI=1S/C46H34N2/c1-6-16-37(17-7-1)45-43-34-36(30-33-44(43)48(41-24-14-5-15-25-41)46(45)38-18-8-2-9-19-38)27-26-35-28-31-42(32-29-35)47(39-20-10-3-11-21-39)40-22-12-4-13-23-40/h1-34H/b27-26+. The third kappa shape index (κ3) is 5.72. The maximum absolute atomic E-state index is 2.41. The zero-order valence-corrected chi connectivity index (χ0v) is 26.5. The minimum Gasteiger partial charge on any atom is -0.311 e. The molecule has 2 heteroatoms. The van der Waals surface area contributed by atoms with E-state index in [9.17, 15) is 0 Å². The molecule has 2 nitrogen and oxygen atoms in total. The fourth-order valence-electron chi connectivity index (χ4n) is 6.55. The van der Waals surface area contributed by atoms with E-state index in [1.807, 2.05) is 0 Å². The highest BCUT2D eigenvalue weighted by atomic mass is 15.1. The van der Waals surface area contributed by atoms with Crippen molar-refractivity contribution in [1.29, 1.82) is 0 Å². The second-order valence-corrected chi connectivity index (χ2v) is 11.8. The number of anilines is 3. The Morgan fingerprint density at radius 1 is 0.396 bits per heavy atom. The Morgan fingerprint density at radius 3 is 1.44 bits per heavy atom. The molecule has 0 saturated carbocycles. The van der Waals surface area contributed by atoms with E-state index in [1.54, 1.807) is 0 Å². The van der Waals surface area contributed by atoms with Crippen LogP contribution in [0, 0.1) is 0 Å². The molecule has 8 aromatic rings. The predicted molar refractivity (Wildman–Crippen MR) is 204 cm³/mol. The lowest BCUT2D eigenvalue weighted by Crippen LogP contribution is -2.09.